The van der Waals surface area contributed by atoms with Crippen LogP contribution < -0.4 is 20.5 Å². The van der Waals surface area contributed by atoms with Gasteiger partial charge in [-0.2, -0.15) is 5.10 Å². The fourth-order valence-electron chi connectivity index (χ4n) is 5.44. The number of nitrogens with zero attached hydrogens (tertiary/aromatic N) is 4. The summed E-state index contributed by atoms with van der Waals surface area (Å²) in [6, 6.07) is 10.3. The quantitative estimate of drug-likeness (QED) is 0.0928. The van der Waals surface area contributed by atoms with Crippen LogP contribution in [-0.4, -0.2) is 64.2 Å². The zero-order chi connectivity index (χ0) is 34.5. The average Bonchev–Trinajstić information content (AvgIpc) is 3.78. The van der Waals surface area contributed by atoms with Gasteiger partial charge in [0.05, 0.1) is 49.4 Å². The average molecular weight is 673 g/mol. The Kier molecular flexibility index (Phi) is 10.2. The van der Waals surface area contributed by atoms with Gasteiger partial charge in [0.15, 0.2) is 17.3 Å². The molecule has 5 rings (SSSR count). The maximum absolute atomic E-state index is 13.3. The molecule has 0 spiro atoms. The lowest BCUT2D eigenvalue weighted by atomic mass is 10.0. The predicted octanol–water partition coefficient (Wildman–Crippen LogP) is 5.08. The number of esters is 1. The topological polar surface area (TPSA) is 170 Å². The first kappa shape index (κ1) is 33.9. The monoisotopic (exact) mass is 672 g/mol. The third-order valence-electron chi connectivity index (χ3n) is 7.80. The Labute approximate surface area is 280 Å². The molecule has 3 heterocycles. The van der Waals surface area contributed by atoms with Crippen molar-refractivity contribution in [1.82, 2.24) is 19.3 Å². The molecular formula is C34H36N6O7S. The summed E-state index contributed by atoms with van der Waals surface area (Å²) in [5.74, 6) is -0.185. The van der Waals surface area contributed by atoms with Gasteiger partial charge < -0.3 is 24.5 Å². The third kappa shape index (κ3) is 6.93. The first-order chi connectivity index (χ1) is 23.1. The highest BCUT2D eigenvalue weighted by Crippen LogP contribution is 2.41. The molecule has 0 radical (unpaired) electrons. The molecule has 0 saturated heterocycles. The van der Waals surface area contributed by atoms with Gasteiger partial charge in [0.1, 0.15) is 5.69 Å². The van der Waals surface area contributed by atoms with Crippen LogP contribution in [-0.2, 0) is 29.0 Å². The number of carbonyl (C=O) groups excluding carboxylic acids is 4. The Morgan fingerprint density at radius 3 is 2.50 bits per heavy atom. The lowest BCUT2D eigenvalue weighted by Gasteiger charge is -2.13. The molecule has 14 heteroatoms. The van der Waals surface area contributed by atoms with E-state index in [1.54, 1.807) is 43.2 Å². The van der Waals surface area contributed by atoms with Gasteiger partial charge in [-0.05, 0) is 50.6 Å². The van der Waals surface area contributed by atoms with Crippen LogP contribution in [0, 0.1) is 6.92 Å². The zero-order valence-corrected chi connectivity index (χ0v) is 28.1. The van der Waals surface area contributed by atoms with E-state index in [-0.39, 0.29) is 30.5 Å². The standard InChI is InChI=1S/C34H36N6O7S/c1-6-40-25(15-19(2)38-40)33(44)37-34-36-23-16-20(32(35)43)10-11-24(23)39(34)14-8-7-9-21-22-17-29(26(41)12-13-30(42)46-4)48-28(22)18-27(45-3)31(21)47-5/h7-8,10-11,15-18H,6,9,12-14H2,1-5H3,(H2,35,43)(H,36,37,44)/b8-7+. The fourth-order valence-corrected chi connectivity index (χ4v) is 6.53. The second-order valence-corrected chi connectivity index (χ2v) is 11.9. The number of hydrogen-bond donors (Lipinski definition) is 2. The molecule has 2 amide bonds. The van der Waals surface area contributed by atoms with Crippen LogP contribution in [0.2, 0.25) is 0 Å². The number of nitrogens with two attached hydrogens (primary N) is 1. The summed E-state index contributed by atoms with van der Waals surface area (Å²) < 4.78 is 20.3. The SMILES string of the molecule is CCn1nc(C)cc1C(=O)Nc1nc2cc(C(N)=O)ccc2n1C/C=C/Cc1c(OC)c(OC)cc2sc(C(=O)CCC(=O)OC)cc12. The molecule has 0 aliphatic rings. The number of methoxy groups -OCH3 is 3. The van der Waals surface area contributed by atoms with Crippen LogP contribution in [0.25, 0.3) is 21.1 Å². The van der Waals surface area contributed by atoms with Gasteiger partial charge in [0, 0.05) is 46.8 Å². The number of thiophene rings is 1. The normalized spacial score (nSPS) is 11.4. The molecule has 250 valence electrons. The number of fused-ring (bicyclic) bond motifs is 2. The highest BCUT2D eigenvalue weighted by Gasteiger charge is 2.21. The van der Waals surface area contributed by atoms with Gasteiger partial charge in [-0.1, -0.05) is 12.2 Å². The fraction of sp³-hybridized carbons (Fsp3) is 0.294. The van der Waals surface area contributed by atoms with E-state index in [1.165, 1.54) is 18.4 Å². The number of imidazole rings is 1. The Morgan fingerprint density at radius 2 is 1.81 bits per heavy atom. The molecule has 0 unspecified atom stereocenters. The Morgan fingerprint density at radius 1 is 1.02 bits per heavy atom. The molecule has 0 saturated carbocycles. The molecule has 0 aliphatic carbocycles. The Bertz CT molecular complexity index is 2070. The Hall–Kier alpha value is -5.50. The minimum Gasteiger partial charge on any atom is -0.493 e. The maximum Gasteiger partial charge on any atom is 0.305 e. The number of aryl methyl sites for hydroxylation is 2. The van der Waals surface area contributed by atoms with E-state index in [9.17, 15) is 19.2 Å². The zero-order valence-electron chi connectivity index (χ0n) is 27.3. The molecule has 2 aromatic carbocycles. The molecule has 13 nitrogen and oxygen atoms in total. The summed E-state index contributed by atoms with van der Waals surface area (Å²) in [5, 5.41) is 8.12. The largest absolute Gasteiger partial charge is 0.493 e. The van der Waals surface area contributed by atoms with Crippen LogP contribution in [0.3, 0.4) is 0 Å². The molecule has 3 aromatic heterocycles. The number of primary amides is 1. The van der Waals surface area contributed by atoms with Crippen molar-refractivity contribution in [3.05, 3.63) is 75.9 Å². The first-order valence-electron chi connectivity index (χ1n) is 15.2. The number of amides is 2. The lowest BCUT2D eigenvalue weighted by molar-refractivity contribution is -0.140. The highest BCUT2D eigenvalue weighted by atomic mass is 32.1. The van der Waals surface area contributed by atoms with Gasteiger partial charge >= 0.3 is 5.97 Å². The van der Waals surface area contributed by atoms with Gasteiger partial charge in [-0.25, -0.2) is 4.98 Å². The number of Topliss-reactive ketones (excluding diaryl/α,β-unsaturated/α-hetero) is 1. The van der Waals surface area contributed by atoms with Crippen molar-refractivity contribution in [2.45, 2.75) is 46.2 Å². The van der Waals surface area contributed by atoms with Crippen molar-refractivity contribution < 1.29 is 33.4 Å². The van der Waals surface area contributed by atoms with E-state index in [0.717, 1.165) is 21.3 Å². The molecule has 48 heavy (non-hydrogen) atoms. The van der Waals surface area contributed by atoms with Crippen molar-refractivity contribution in [2.24, 2.45) is 5.73 Å². The Balaban J connectivity index is 1.46. The second-order valence-electron chi connectivity index (χ2n) is 10.8. The van der Waals surface area contributed by atoms with Crippen molar-refractivity contribution in [3.8, 4) is 11.5 Å². The van der Waals surface area contributed by atoms with E-state index in [0.29, 0.717) is 58.2 Å². The number of allylic oxidation sites excluding steroid dienone is 2. The molecule has 0 fully saturated rings. The molecule has 0 atom stereocenters. The van der Waals surface area contributed by atoms with Crippen molar-refractivity contribution >= 4 is 62.0 Å². The van der Waals surface area contributed by atoms with Gasteiger partial charge in [-0.3, -0.25) is 29.2 Å². The number of nitrogens with one attached hydrogen (secondary N) is 1. The second kappa shape index (κ2) is 14.5. The summed E-state index contributed by atoms with van der Waals surface area (Å²) in [5.41, 5.74) is 8.93. The molecule has 0 aliphatic heterocycles. The third-order valence-corrected chi connectivity index (χ3v) is 8.92. The smallest absolute Gasteiger partial charge is 0.305 e. The summed E-state index contributed by atoms with van der Waals surface area (Å²) in [7, 11) is 4.41. The summed E-state index contributed by atoms with van der Waals surface area (Å²) in [6.45, 7) is 4.56. The van der Waals surface area contributed by atoms with Crippen LogP contribution in [0.1, 0.15) is 61.5 Å². The van der Waals surface area contributed by atoms with Gasteiger partial charge in [0.25, 0.3) is 5.91 Å². The first-order valence-corrected chi connectivity index (χ1v) is 16.0. The van der Waals surface area contributed by atoms with E-state index in [4.69, 9.17) is 15.2 Å². The summed E-state index contributed by atoms with van der Waals surface area (Å²) >= 11 is 1.33. The summed E-state index contributed by atoms with van der Waals surface area (Å²) in [4.78, 5) is 54.8. The number of hydrogen-bond acceptors (Lipinski definition) is 10. The number of carbonyl (C=O) groups is 4. The molecule has 0 bridgehead atoms. The van der Waals surface area contributed by atoms with Crippen LogP contribution in [0.4, 0.5) is 5.95 Å². The van der Waals surface area contributed by atoms with E-state index in [2.05, 4.69) is 20.1 Å². The highest BCUT2D eigenvalue weighted by molar-refractivity contribution is 7.20. The van der Waals surface area contributed by atoms with E-state index < -0.39 is 11.9 Å². The minimum atomic E-state index is -0.584. The number of benzene rings is 2. The number of ether oxygens (including phenoxy) is 3. The molecular weight excluding hydrogens is 636 g/mol. The van der Waals surface area contributed by atoms with Crippen molar-refractivity contribution in [3.63, 3.8) is 0 Å². The van der Waals surface area contributed by atoms with Gasteiger partial charge in [0.2, 0.25) is 11.9 Å². The number of rotatable bonds is 14. The van der Waals surface area contributed by atoms with Crippen LogP contribution in [0.5, 0.6) is 11.5 Å². The lowest BCUT2D eigenvalue weighted by Crippen LogP contribution is -2.19. The van der Waals surface area contributed by atoms with Crippen LogP contribution >= 0.6 is 11.3 Å². The van der Waals surface area contributed by atoms with E-state index >= 15 is 0 Å². The predicted molar refractivity (Wildman–Crippen MR) is 182 cm³/mol. The number of aromatic nitrogens is 4. The molecule has 3 N–H and O–H groups in total. The number of ketones is 1. The number of anilines is 1. The maximum atomic E-state index is 13.3. The summed E-state index contributed by atoms with van der Waals surface area (Å²) in [6.07, 6.45) is 4.36. The van der Waals surface area contributed by atoms with Crippen molar-refractivity contribution in [1.29, 1.82) is 0 Å². The molecule has 5 aromatic rings. The van der Waals surface area contributed by atoms with Crippen molar-refractivity contribution in [2.75, 3.05) is 26.6 Å². The van der Waals surface area contributed by atoms with Crippen LogP contribution in [0.15, 0.2) is 48.6 Å². The van der Waals surface area contributed by atoms with E-state index in [1.807, 2.05) is 42.7 Å². The minimum absolute atomic E-state index is 0.00289. The van der Waals surface area contributed by atoms with Gasteiger partial charge in [-0.15, -0.1) is 11.3 Å².